The van der Waals surface area contributed by atoms with Crippen molar-refractivity contribution in [2.45, 2.75) is 58.0 Å². The number of fused-ring (bicyclic) bond motifs is 1. The molecule has 0 N–H and O–H groups in total. The Balaban J connectivity index is 0.00000210. The molecule has 3 aromatic carbocycles. The van der Waals surface area contributed by atoms with Crippen molar-refractivity contribution in [3.05, 3.63) is 106 Å². The minimum atomic E-state index is -0.106. The van der Waals surface area contributed by atoms with Gasteiger partial charge >= 0.3 is 0 Å². The quantitative estimate of drug-likeness (QED) is 0.248. The first-order chi connectivity index (χ1) is 18.1. The Bertz CT molecular complexity index is 1180. The van der Waals surface area contributed by atoms with Gasteiger partial charge in [0.05, 0.1) is 0 Å². The summed E-state index contributed by atoms with van der Waals surface area (Å²) in [6.45, 7) is 5.81. The van der Waals surface area contributed by atoms with Gasteiger partial charge in [0.25, 0.3) is 0 Å². The second kappa shape index (κ2) is 15.5. The van der Waals surface area contributed by atoms with Crippen molar-refractivity contribution < 1.29 is 9.18 Å². The molecule has 1 fully saturated rings. The largest absolute Gasteiger partial charge is 0.299 e. The molecule has 0 aromatic heterocycles. The lowest BCUT2D eigenvalue weighted by Crippen LogP contribution is -2.33. The molecule has 0 spiro atoms. The summed E-state index contributed by atoms with van der Waals surface area (Å²) in [6.07, 6.45) is 7.04. The maximum absolute atomic E-state index is 14.0. The second-order valence-corrected chi connectivity index (χ2v) is 10.9. The number of rotatable bonds is 9. The van der Waals surface area contributed by atoms with Crippen LogP contribution in [-0.4, -0.2) is 41.8 Å². The molecule has 0 saturated carbocycles. The van der Waals surface area contributed by atoms with Gasteiger partial charge in [0.2, 0.25) is 0 Å². The van der Waals surface area contributed by atoms with Crippen LogP contribution in [-0.2, 0) is 25.9 Å². The Morgan fingerprint density at radius 3 is 2.18 bits per heavy atom. The Morgan fingerprint density at radius 1 is 0.769 bits per heavy atom. The van der Waals surface area contributed by atoms with Crippen LogP contribution in [0.2, 0.25) is 0 Å². The van der Waals surface area contributed by atoms with Crippen molar-refractivity contribution in [2.75, 3.05) is 26.2 Å². The van der Waals surface area contributed by atoms with E-state index in [0.29, 0.717) is 18.9 Å². The number of carbonyl (C=O) groups excluding carboxylic acids is 1. The van der Waals surface area contributed by atoms with Gasteiger partial charge in [0, 0.05) is 43.7 Å². The van der Waals surface area contributed by atoms with Crippen LogP contribution < -0.4 is 0 Å². The predicted molar refractivity (Wildman–Crippen MR) is 163 cm³/mol. The van der Waals surface area contributed by atoms with Crippen LogP contribution in [0.3, 0.4) is 0 Å². The third kappa shape index (κ3) is 8.88. The number of piperidine rings is 1. The smallest absolute Gasteiger partial charge is 0.162 e. The number of ketones is 1. The number of likely N-dealkylation sites (tertiary alicyclic amines) is 1. The first kappa shape index (κ1) is 31.3. The number of benzene rings is 3. The molecule has 5 rings (SSSR count). The fraction of sp³-hybridized carbons (Fsp3) is 0.424. The third-order valence-electron chi connectivity index (χ3n) is 8.25. The van der Waals surface area contributed by atoms with E-state index in [2.05, 4.69) is 58.3 Å². The van der Waals surface area contributed by atoms with E-state index in [1.54, 1.807) is 12.1 Å². The molecule has 2 aliphatic heterocycles. The lowest BCUT2D eigenvalue weighted by atomic mass is 9.90. The zero-order valence-corrected chi connectivity index (χ0v) is 24.3. The fourth-order valence-corrected chi connectivity index (χ4v) is 5.94. The Morgan fingerprint density at radius 2 is 1.44 bits per heavy atom. The van der Waals surface area contributed by atoms with Crippen LogP contribution in [0, 0.1) is 11.7 Å². The van der Waals surface area contributed by atoms with E-state index in [-0.39, 0.29) is 36.4 Å². The molecule has 0 aliphatic carbocycles. The number of hydrogen-bond donors (Lipinski definition) is 0. The van der Waals surface area contributed by atoms with Crippen molar-refractivity contribution in [1.82, 2.24) is 9.80 Å². The molecule has 1 saturated heterocycles. The lowest BCUT2D eigenvalue weighted by molar-refractivity contribution is 0.0974. The Kier molecular flexibility index (Phi) is 12.5. The van der Waals surface area contributed by atoms with E-state index in [4.69, 9.17) is 0 Å². The van der Waals surface area contributed by atoms with Gasteiger partial charge in [-0.25, -0.2) is 4.39 Å². The molecule has 3 nitrogen and oxygen atoms in total. The molecule has 2 heterocycles. The molecule has 0 atom stereocenters. The SMILES string of the molecule is Cl.Cl.O=C(CCCC1CCN(Cc2ccccc2F)CC1)c1ccc2c(c1)CCN(Cc1ccccc1)CC2. The zero-order valence-electron chi connectivity index (χ0n) is 22.7. The number of nitrogens with zero attached hydrogens (tertiary/aromatic N) is 2. The maximum Gasteiger partial charge on any atom is 0.162 e. The van der Waals surface area contributed by atoms with Crippen LogP contribution in [0.25, 0.3) is 0 Å². The van der Waals surface area contributed by atoms with Gasteiger partial charge in [-0.2, -0.15) is 0 Å². The Hall–Kier alpha value is -2.24. The zero-order chi connectivity index (χ0) is 25.5. The summed E-state index contributed by atoms with van der Waals surface area (Å²) in [5.41, 5.74) is 5.78. The van der Waals surface area contributed by atoms with Crippen molar-refractivity contribution in [3.63, 3.8) is 0 Å². The molecule has 0 radical (unpaired) electrons. The van der Waals surface area contributed by atoms with Gasteiger partial charge < -0.3 is 0 Å². The molecular weight excluding hydrogens is 530 g/mol. The first-order valence-electron chi connectivity index (χ1n) is 14.0. The molecule has 0 bridgehead atoms. The van der Waals surface area contributed by atoms with Gasteiger partial charge in [-0.3, -0.25) is 14.6 Å². The van der Waals surface area contributed by atoms with E-state index in [1.165, 1.54) is 16.7 Å². The average molecular weight is 572 g/mol. The molecule has 6 heteroatoms. The number of Topliss-reactive ketones (excluding diaryl/α,β-unsaturated/α-hetero) is 1. The predicted octanol–water partition coefficient (Wildman–Crippen LogP) is 7.54. The van der Waals surface area contributed by atoms with Crippen LogP contribution in [0.4, 0.5) is 4.39 Å². The van der Waals surface area contributed by atoms with E-state index in [9.17, 15) is 9.18 Å². The van der Waals surface area contributed by atoms with Crippen molar-refractivity contribution in [2.24, 2.45) is 5.92 Å². The van der Waals surface area contributed by atoms with Gasteiger partial charge in [0.1, 0.15) is 5.82 Å². The highest BCUT2D eigenvalue weighted by atomic mass is 35.5. The highest BCUT2D eigenvalue weighted by Gasteiger charge is 2.21. The van der Waals surface area contributed by atoms with Crippen LogP contribution >= 0.6 is 24.8 Å². The van der Waals surface area contributed by atoms with Gasteiger partial charge in [-0.05, 0) is 86.4 Å². The fourth-order valence-electron chi connectivity index (χ4n) is 5.94. The van der Waals surface area contributed by atoms with Gasteiger partial charge in [-0.1, -0.05) is 60.7 Å². The third-order valence-corrected chi connectivity index (χ3v) is 8.25. The van der Waals surface area contributed by atoms with Crippen LogP contribution in [0.5, 0.6) is 0 Å². The highest BCUT2D eigenvalue weighted by molar-refractivity contribution is 5.96. The lowest BCUT2D eigenvalue weighted by Gasteiger charge is -2.32. The van der Waals surface area contributed by atoms with Crippen molar-refractivity contribution >= 4 is 30.6 Å². The molecule has 0 amide bonds. The van der Waals surface area contributed by atoms with E-state index in [1.807, 2.05) is 12.1 Å². The summed E-state index contributed by atoms with van der Waals surface area (Å²) in [6, 6.07) is 24.2. The molecule has 210 valence electrons. The normalized spacial score (nSPS) is 16.4. The van der Waals surface area contributed by atoms with Crippen molar-refractivity contribution in [1.29, 1.82) is 0 Å². The molecular formula is C33H41Cl2FN2O. The summed E-state index contributed by atoms with van der Waals surface area (Å²) in [5.74, 6) is 0.850. The summed E-state index contributed by atoms with van der Waals surface area (Å²) >= 11 is 0. The van der Waals surface area contributed by atoms with E-state index < -0.39 is 0 Å². The molecule has 0 unspecified atom stereocenters. The van der Waals surface area contributed by atoms with Crippen molar-refractivity contribution in [3.8, 4) is 0 Å². The highest BCUT2D eigenvalue weighted by Crippen LogP contribution is 2.25. The van der Waals surface area contributed by atoms with Crippen LogP contribution in [0.15, 0.2) is 72.8 Å². The monoisotopic (exact) mass is 570 g/mol. The summed E-state index contributed by atoms with van der Waals surface area (Å²) in [4.78, 5) is 17.9. The molecule has 3 aromatic rings. The minimum Gasteiger partial charge on any atom is -0.299 e. The van der Waals surface area contributed by atoms with E-state index >= 15 is 0 Å². The molecule has 39 heavy (non-hydrogen) atoms. The standard InChI is InChI=1S/C33H39FN2O.2ClH/c34-32-11-5-4-10-31(32)25-36-19-15-26(16-20-36)9-6-12-33(37)30-14-13-28-17-21-35(22-18-29(28)23-30)24-27-7-2-1-3-8-27;;/h1-5,7-8,10-11,13-14,23,26H,6,9,12,15-22,24-25H2;2*1H. The number of halogens is 3. The summed E-state index contributed by atoms with van der Waals surface area (Å²) in [5, 5.41) is 0. The Labute approximate surface area is 245 Å². The molecule has 2 aliphatic rings. The summed E-state index contributed by atoms with van der Waals surface area (Å²) < 4.78 is 14.0. The second-order valence-electron chi connectivity index (χ2n) is 10.9. The average Bonchev–Trinajstić information content (AvgIpc) is 3.13. The maximum atomic E-state index is 14.0. The van der Waals surface area contributed by atoms with Gasteiger partial charge in [0.15, 0.2) is 5.78 Å². The van der Waals surface area contributed by atoms with E-state index in [0.717, 1.165) is 82.4 Å². The first-order valence-corrected chi connectivity index (χ1v) is 14.0. The van der Waals surface area contributed by atoms with Gasteiger partial charge in [-0.15, -0.1) is 24.8 Å². The number of carbonyl (C=O) groups is 1. The minimum absolute atomic E-state index is 0. The topological polar surface area (TPSA) is 23.6 Å². The number of hydrogen-bond acceptors (Lipinski definition) is 3. The van der Waals surface area contributed by atoms with Crippen LogP contribution in [0.1, 0.15) is 64.7 Å². The summed E-state index contributed by atoms with van der Waals surface area (Å²) in [7, 11) is 0.